The quantitative estimate of drug-likeness (QED) is 0.399. The van der Waals surface area contributed by atoms with Gasteiger partial charge in [0, 0.05) is 0 Å². The molecule has 6 nitrogen and oxygen atoms in total. The van der Waals surface area contributed by atoms with E-state index in [-0.39, 0.29) is 10.5 Å². The van der Waals surface area contributed by atoms with Crippen LogP contribution in [0.4, 0.5) is 0 Å². The Morgan fingerprint density at radius 3 is 2.56 bits per heavy atom. The van der Waals surface area contributed by atoms with Gasteiger partial charge in [-0.15, -0.1) is 0 Å². The molecule has 0 aliphatic heterocycles. The summed E-state index contributed by atoms with van der Waals surface area (Å²) < 4.78 is 0.937. The van der Waals surface area contributed by atoms with Crippen LogP contribution in [0, 0.1) is 0 Å². The van der Waals surface area contributed by atoms with Crippen LogP contribution in [0.1, 0.15) is 5.56 Å². The highest BCUT2D eigenvalue weighted by Gasteiger charge is 2.09. The van der Waals surface area contributed by atoms with Crippen LogP contribution in [0.2, 0.25) is 10.0 Å². The minimum atomic E-state index is -0.447. The number of hydrazone groups is 1. The lowest BCUT2D eigenvalue weighted by atomic mass is 10.2. The van der Waals surface area contributed by atoms with Crippen LogP contribution >= 0.6 is 35.4 Å². The molecule has 9 heteroatoms. The molecule has 0 atom stereocenters. The van der Waals surface area contributed by atoms with Crippen LogP contribution in [-0.2, 0) is 0 Å². The molecule has 25 heavy (non-hydrogen) atoms. The third kappa shape index (κ3) is 3.63. The van der Waals surface area contributed by atoms with Gasteiger partial charge in [0.1, 0.15) is 0 Å². The Kier molecular flexibility index (Phi) is 4.98. The SMILES string of the molecule is O=c1[nH]n(C(=S)N/N=C\c2ccc(Cl)c(Cl)c2)c(=O)c2ccccc12. The highest BCUT2D eigenvalue weighted by Crippen LogP contribution is 2.21. The second kappa shape index (κ2) is 7.18. The number of fused-ring (bicyclic) bond motifs is 1. The first-order valence-corrected chi connectivity index (χ1v) is 8.16. The standard InChI is InChI=1S/C16H10Cl2N4O2S/c17-12-6-5-9(7-13(12)18)8-19-20-16(25)22-15(24)11-4-2-1-3-10(11)14(23)21-22/h1-8H,(H,20,25)(H,21,23)/b19-8-. The number of rotatable bonds is 2. The first kappa shape index (κ1) is 17.3. The van der Waals surface area contributed by atoms with Gasteiger partial charge in [-0.1, -0.05) is 41.4 Å². The van der Waals surface area contributed by atoms with E-state index in [1.807, 2.05) is 0 Å². The zero-order valence-electron chi connectivity index (χ0n) is 12.5. The van der Waals surface area contributed by atoms with E-state index < -0.39 is 11.1 Å². The molecule has 1 aromatic heterocycles. The van der Waals surface area contributed by atoms with E-state index in [0.29, 0.717) is 21.0 Å². The molecule has 0 radical (unpaired) electrons. The molecule has 0 spiro atoms. The fourth-order valence-electron chi connectivity index (χ4n) is 2.15. The van der Waals surface area contributed by atoms with Crippen molar-refractivity contribution in [2.75, 3.05) is 0 Å². The third-order valence-corrected chi connectivity index (χ3v) is 4.35. The molecule has 0 saturated carbocycles. The summed E-state index contributed by atoms with van der Waals surface area (Å²) in [6.07, 6.45) is 1.46. The molecule has 1 heterocycles. The number of halogens is 2. The zero-order chi connectivity index (χ0) is 18.0. The van der Waals surface area contributed by atoms with Crippen LogP contribution in [0.3, 0.4) is 0 Å². The average molecular weight is 393 g/mol. The molecular formula is C16H10Cl2N4O2S. The van der Waals surface area contributed by atoms with Crippen molar-refractivity contribution in [3.63, 3.8) is 0 Å². The number of thiocarbonyl (C=S) groups is 1. The minimum absolute atomic E-state index is 0.0656. The van der Waals surface area contributed by atoms with Crippen molar-refractivity contribution < 1.29 is 0 Å². The Morgan fingerprint density at radius 1 is 1.12 bits per heavy atom. The minimum Gasteiger partial charge on any atom is -0.267 e. The summed E-state index contributed by atoms with van der Waals surface area (Å²) in [5, 5.41) is 7.68. The van der Waals surface area contributed by atoms with Gasteiger partial charge in [-0.05, 0) is 42.0 Å². The van der Waals surface area contributed by atoms with Crippen LogP contribution in [0.15, 0.2) is 57.2 Å². The van der Waals surface area contributed by atoms with Gasteiger partial charge in [0.15, 0.2) is 0 Å². The number of nitrogens with zero attached hydrogens (tertiary/aromatic N) is 2. The van der Waals surface area contributed by atoms with Crippen LogP contribution in [0.25, 0.3) is 10.8 Å². The van der Waals surface area contributed by atoms with Crippen molar-refractivity contribution in [1.82, 2.24) is 15.2 Å². The lowest BCUT2D eigenvalue weighted by molar-refractivity contribution is 0.813. The summed E-state index contributed by atoms with van der Waals surface area (Å²) >= 11 is 16.9. The van der Waals surface area contributed by atoms with Gasteiger partial charge < -0.3 is 0 Å². The Hall–Kier alpha value is -2.48. The van der Waals surface area contributed by atoms with Gasteiger partial charge in [0.05, 0.1) is 27.0 Å². The Morgan fingerprint density at radius 2 is 1.84 bits per heavy atom. The predicted molar refractivity (Wildman–Crippen MR) is 104 cm³/mol. The largest absolute Gasteiger partial charge is 0.279 e. The monoisotopic (exact) mass is 392 g/mol. The van der Waals surface area contributed by atoms with Crippen LogP contribution < -0.4 is 16.5 Å². The van der Waals surface area contributed by atoms with E-state index in [1.54, 1.807) is 42.5 Å². The van der Waals surface area contributed by atoms with Crippen molar-refractivity contribution in [3.8, 4) is 0 Å². The summed E-state index contributed by atoms with van der Waals surface area (Å²) in [4.78, 5) is 24.5. The van der Waals surface area contributed by atoms with Crippen molar-refractivity contribution in [3.05, 3.63) is 78.8 Å². The molecule has 0 unspecified atom stereocenters. The van der Waals surface area contributed by atoms with Gasteiger partial charge in [-0.2, -0.15) is 9.78 Å². The molecule has 2 N–H and O–H groups in total. The van der Waals surface area contributed by atoms with Gasteiger partial charge in [0.2, 0.25) is 5.11 Å². The molecule has 0 aliphatic rings. The summed E-state index contributed by atoms with van der Waals surface area (Å²) in [6, 6.07) is 11.5. The second-order valence-electron chi connectivity index (χ2n) is 4.98. The van der Waals surface area contributed by atoms with Gasteiger partial charge >= 0.3 is 0 Å². The summed E-state index contributed by atoms with van der Waals surface area (Å²) in [6.45, 7) is 0. The van der Waals surface area contributed by atoms with Crippen molar-refractivity contribution >= 4 is 57.5 Å². The average Bonchev–Trinajstić information content (AvgIpc) is 2.61. The molecule has 0 saturated heterocycles. The highest BCUT2D eigenvalue weighted by atomic mass is 35.5. The van der Waals surface area contributed by atoms with Crippen LogP contribution in [-0.4, -0.2) is 21.1 Å². The zero-order valence-corrected chi connectivity index (χ0v) is 14.8. The molecular weight excluding hydrogens is 383 g/mol. The number of hydrogen-bond acceptors (Lipinski definition) is 4. The topological polar surface area (TPSA) is 79.2 Å². The summed E-state index contributed by atoms with van der Waals surface area (Å²) in [7, 11) is 0. The maximum absolute atomic E-state index is 12.4. The Bertz CT molecular complexity index is 1120. The fraction of sp³-hybridized carbons (Fsp3) is 0. The number of nitrogens with one attached hydrogen (secondary N) is 2. The molecule has 0 fully saturated rings. The Balaban J connectivity index is 1.86. The third-order valence-electron chi connectivity index (χ3n) is 3.34. The van der Waals surface area contributed by atoms with Crippen molar-refractivity contribution in [2.24, 2.45) is 5.10 Å². The molecule has 0 bridgehead atoms. The van der Waals surface area contributed by atoms with Crippen molar-refractivity contribution in [1.29, 1.82) is 0 Å². The van der Waals surface area contributed by atoms with E-state index in [0.717, 1.165) is 4.68 Å². The molecule has 0 amide bonds. The number of aromatic nitrogens is 2. The fourth-order valence-corrected chi connectivity index (χ4v) is 2.64. The van der Waals surface area contributed by atoms with Crippen molar-refractivity contribution in [2.45, 2.75) is 0 Å². The Labute approximate surface area is 156 Å². The molecule has 3 rings (SSSR count). The summed E-state index contributed by atoms with van der Waals surface area (Å²) in [5.41, 5.74) is 2.35. The van der Waals surface area contributed by atoms with E-state index in [2.05, 4.69) is 15.6 Å². The number of hydrogen-bond donors (Lipinski definition) is 2. The maximum Gasteiger partial charge on any atom is 0.279 e. The van der Waals surface area contributed by atoms with E-state index in [9.17, 15) is 9.59 Å². The number of aromatic amines is 1. The van der Waals surface area contributed by atoms with E-state index >= 15 is 0 Å². The smallest absolute Gasteiger partial charge is 0.267 e. The van der Waals surface area contributed by atoms with E-state index in [1.165, 1.54) is 6.21 Å². The van der Waals surface area contributed by atoms with Crippen LogP contribution in [0.5, 0.6) is 0 Å². The van der Waals surface area contributed by atoms with Gasteiger partial charge in [0.25, 0.3) is 11.1 Å². The first-order chi connectivity index (χ1) is 12.0. The lowest BCUT2D eigenvalue weighted by Gasteiger charge is -2.07. The molecule has 3 aromatic rings. The highest BCUT2D eigenvalue weighted by molar-refractivity contribution is 7.80. The molecule has 0 aliphatic carbocycles. The van der Waals surface area contributed by atoms with Gasteiger partial charge in [-0.25, -0.2) is 0 Å². The number of H-pyrrole nitrogens is 1. The normalized spacial score (nSPS) is 11.1. The van der Waals surface area contributed by atoms with E-state index in [4.69, 9.17) is 35.4 Å². The lowest BCUT2D eigenvalue weighted by Crippen LogP contribution is -2.39. The molecule has 2 aromatic carbocycles. The number of benzene rings is 2. The maximum atomic E-state index is 12.4. The molecule has 126 valence electrons. The van der Waals surface area contributed by atoms with Gasteiger partial charge in [-0.3, -0.25) is 20.1 Å². The summed E-state index contributed by atoms with van der Waals surface area (Å²) in [5.74, 6) is 0. The predicted octanol–water partition coefficient (Wildman–Crippen LogP) is 2.75. The second-order valence-corrected chi connectivity index (χ2v) is 6.18. The first-order valence-electron chi connectivity index (χ1n) is 7.00.